The standard InChI is InChI=1S/C13H13FN2O5S/c1-3-11-12(7(2)21-15-11)16-22(19,20)10-5-8(13(17)18)4-9(14)6-10/h4-6,16H,3H2,1-2H3,(H,17,18). The molecule has 9 heteroatoms. The molecule has 2 rings (SSSR count). The molecule has 0 aliphatic carbocycles. The van der Waals surface area contributed by atoms with E-state index in [-0.39, 0.29) is 11.4 Å². The highest BCUT2D eigenvalue weighted by molar-refractivity contribution is 7.92. The van der Waals surface area contributed by atoms with E-state index in [9.17, 15) is 17.6 Å². The van der Waals surface area contributed by atoms with Crippen LogP contribution >= 0.6 is 0 Å². The quantitative estimate of drug-likeness (QED) is 0.870. The summed E-state index contributed by atoms with van der Waals surface area (Å²) >= 11 is 0. The maximum atomic E-state index is 13.4. The molecule has 0 amide bonds. The third-order valence-electron chi connectivity index (χ3n) is 2.93. The first-order valence-corrected chi connectivity index (χ1v) is 7.74. The molecule has 0 radical (unpaired) electrons. The zero-order valence-corrected chi connectivity index (χ0v) is 12.6. The summed E-state index contributed by atoms with van der Waals surface area (Å²) in [4.78, 5) is 10.4. The Hall–Kier alpha value is -2.42. The SMILES string of the molecule is CCc1noc(C)c1NS(=O)(=O)c1cc(F)cc(C(=O)O)c1. The minimum atomic E-state index is -4.17. The Morgan fingerprint density at radius 1 is 1.41 bits per heavy atom. The van der Waals surface area contributed by atoms with Gasteiger partial charge in [0.05, 0.1) is 10.5 Å². The normalized spacial score (nSPS) is 11.4. The number of nitrogens with zero attached hydrogens (tertiary/aromatic N) is 1. The molecule has 1 aromatic carbocycles. The first-order valence-electron chi connectivity index (χ1n) is 6.26. The molecule has 0 unspecified atom stereocenters. The maximum absolute atomic E-state index is 13.4. The fourth-order valence-corrected chi connectivity index (χ4v) is 3.02. The largest absolute Gasteiger partial charge is 0.478 e. The van der Waals surface area contributed by atoms with Gasteiger partial charge in [0.2, 0.25) is 0 Å². The van der Waals surface area contributed by atoms with E-state index in [0.717, 1.165) is 18.2 Å². The molecule has 0 fully saturated rings. The monoisotopic (exact) mass is 328 g/mol. The molecule has 1 aromatic heterocycles. The molecule has 0 spiro atoms. The van der Waals surface area contributed by atoms with Crippen molar-refractivity contribution in [2.24, 2.45) is 0 Å². The van der Waals surface area contributed by atoms with Crippen molar-refractivity contribution in [3.8, 4) is 0 Å². The van der Waals surface area contributed by atoms with Gasteiger partial charge in [-0.2, -0.15) is 0 Å². The summed E-state index contributed by atoms with van der Waals surface area (Å²) < 4.78 is 45.2. The molecule has 22 heavy (non-hydrogen) atoms. The summed E-state index contributed by atoms with van der Waals surface area (Å²) in [6, 6.07) is 2.36. The van der Waals surface area contributed by atoms with Crippen molar-refractivity contribution < 1.29 is 27.2 Å². The van der Waals surface area contributed by atoms with Crippen molar-refractivity contribution in [1.82, 2.24) is 5.16 Å². The van der Waals surface area contributed by atoms with E-state index in [1.54, 1.807) is 6.92 Å². The Morgan fingerprint density at radius 3 is 2.68 bits per heavy atom. The van der Waals surface area contributed by atoms with Crippen LogP contribution in [0.3, 0.4) is 0 Å². The highest BCUT2D eigenvalue weighted by Gasteiger charge is 2.22. The number of benzene rings is 1. The fourth-order valence-electron chi connectivity index (χ4n) is 1.82. The van der Waals surface area contributed by atoms with Gasteiger partial charge in [0.15, 0.2) is 5.76 Å². The van der Waals surface area contributed by atoms with Crippen LogP contribution in [0.1, 0.15) is 28.7 Å². The van der Waals surface area contributed by atoms with E-state index in [0.29, 0.717) is 12.1 Å². The topological polar surface area (TPSA) is 110 Å². The Kier molecular flexibility index (Phi) is 4.18. The van der Waals surface area contributed by atoms with E-state index in [2.05, 4.69) is 9.88 Å². The molecular formula is C13H13FN2O5S. The van der Waals surface area contributed by atoms with Crippen molar-refractivity contribution in [3.05, 3.63) is 41.0 Å². The van der Waals surface area contributed by atoms with Crippen LogP contribution in [0.2, 0.25) is 0 Å². The second-order valence-electron chi connectivity index (χ2n) is 4.50. The van der Waals surface area contributed by atoms with E-state index in [1.807, 2.05) is 0 Å². The second kappa shape index (κ2) is 5.76. The maximum Gasteiger partial charge on any atom is 0.335 e. The summed E-state index contributed by atoms with van der Waals surface area (Å²) in [6.45, 7) is 3.29. The molecule has 0 atom stereocenters. The number of carbonyl (C=O) groups is 1. The molecule has 2 aromatic rings. The molecule has 0 saturated carbocycles. The lowest BCUT2D eigenvalue weighted by Crippen LogP contribution is -2.15. The van der Waals surface area contributed by atoms with Gasteiger partial charge in [-0.15, -0.1) is 0 Å². The van der Waals surface area contributed by atoms with Gasteiger partial charge in [-0.1, -0.05) is 12.1 Å². The van der Waals surface area contributed by atoms with E-state index in [1.165, 1.54) is 6.92 Å². The van der Waals surface area contributed by atoms with E-state index < -0.39 is 32.3 Å². The molecule has 0 saturated heterocycles. The van der Waals surface area contributed by atoms with Gasteiger partial charge in [-0.3, -0.25) is 4.72 Å². The van der Waals surface area contributed by atoms with Crippen LogP contribution in [0, 0.1) is 12.7 Å². The number of hydrogen-bond acceptors (Lipinski definition) is 5. The number of anilines is 1. The molecule has 118 valence electrons. The zero-order chi connectivity index (χ0) is 16.5. The van der Waals surface area contributed by atoms with E-state index in [4.69, 9.17) is 9.63 Å². The van der Waals surface area contributed by atoms with Crippen LogP contribution in [0.25, 0.3) is 0 Å². The third kappa shape index (κ3) is 3.08. The number of rotatable bonds is 5. The number of carboxylic acids is 1. The zero-order valence-electron chi connectivity index (χ0n) is 11.8. The third-order valence-corrected chi connectivity index (χ3v) is 4.26. The smallest absolute Gasteiger partial charge is 0.335 e. The Morgan fingerprint density at radius 2 is 2.09 bits per heavy atom. The van der Waals surface area contributed by atoms with Crippen LogP contribution < -0.4 is 4.72 Å². The van der Waals surface area contributed by atoms with Gasteiger partial charge < -0.3 is 9.63 Å². The lowest BCUT2D eigenvalue weighted by Gasteiger charge is -2.09. The number of nitrogens with one attached hydrogen (secondary N) is 1. The highest BCUT2D eigenvalue weighted by Crippen LogP contribution is 2.25. The fraction of sp³-hybridized carbons (Fsp3) is 0.231. The summed E-state index contributed by atoms with van der Waals surface area (Å²) in [7, 11) is -4.17. The van der Waals surface area contributed by atoms with Gasteiger partial charge in [-0.05, 0) is 31.5 Å². The number of halogens is 1. The van der Waals surface area contributed by atoms with Gasteiger partial charge in [0, 0.05) is 0 Å². The van der Waals surface area contributed by atoms with Crippen LogP contribution in [-0.2, 0) is 16.4 Å². The van der Waals surface area contributed by atoms with Crippen LogP contribution in [-0.4, -0.2) is 24.7 Å². The average Bonchev–Trinajstić information content (AvgIpc) is 2.78. The number of aromatic nitrogens is 1. The van der Waals surface area contributed by atoms with Crippen molar-refractivity contribution in [1.29, 1.82) is 0 Å². The average molecular weight is 328 g/mol. The van der Waals surface area contributed by atoms with E-state index >= 15 is 0 Å². The van der Waals surface area contributed by atoms with Gasteiger partial charge in [-0.25, -0.2) is 17.6 Å². The minimum Gasteiger partial charge on any atom is -0.478 e. The molecule has 1 heterocycles. The number of hydrogen-bond donors (Lipinski definition) is 2. The molecule has 2 N–H and O–H groups in total. The number of sulfonamides is 1. The Labute approximate surface area is 125 Å². The summed E-state index contributed by atoms with van der Waals surface area (Å²) in [6.07, 6.45) is 0.429. The second-order valence-corrected chi connectivity index (χ2v) is 6.18. The lowest BCUT2D eigenvalue weighted by molar-refractivity contribution is 0.0696. The Bertz CT molecular complexity index is 829. The summed E-state index contributed by atoms with van der Waals surface area (Å²) in [5.41, 5.74) is 0.109. The molecule has 0 bridgehead atoms. The molecular weight excluding hydrogens is 315 g/mol. The number of aromatic carboxylic acids is 1. The predicted molar refractivity (Wildman–Crippen MR) is 74.8 cm³/mol. The molecule has 0 aliphatic heterocycles. The van der Waals surface area contributed by atoms with Crippen molar-refractivity contribution in [2.45, 2.75) is 25.2 Å². The molecule has 0 aliphatic rings. The number of aryl methyl sites for hydroxylation is 2. The van der Waals surface area contributed by atoms with Crippen LogP contribution in [0.15, 0.2) is 27.6 Å². The first kappa shape index (κ1) is 16.0. The van der Waals surface area contributed by atoms with Crippen molar-refractivity contribution in [2.75, 3.05) is 4.72 Å². The van der Waals surface area contributed by atoms with Gasteiger partial charge in [0.25, 0.3) is 10.0 Å². The first-order chi connectivity index (χ1) is 10.2. The number of carboxylic acid groups (broad SMARTS) is 1. The van der Waals surface area contributed by atoms with Gasteiger partial charge >= 0.3 is 5.97 Å². The molecule has 7 nitrogen and oxygen atoms in total. The lowest BCUT2D eigenvalue weighted by atomic mass is 10.2. The highest BCUT2D eigenvalue weighted by atomic mass is 32.2. The summed E-state index contributed by atoms with van der Waals surface area (Å²) in [5.74, 6) is -2.13. The predicted octanol–water partition coefficient (Wildman–Crippen LogP) is 2.18. The van der Waals surface area contributed by atoms with Crippen LogP contribution in [0.4, 0.5) is 10.1 Å². The Balaban J connectivity index is 2.47. The van der Waals surface area contributed by atoms with Crippen LogP contribution in [0.5, 0.6) is 0 Å². The summed E-state index contributed by atoms with van der Waals surface area (Å²) in [5, 5.41) is 12.6. The van der Waals surface area contributed by atoms with Gasteiger partial charge in [0.1, 0.15) is 17.2 Å². The van der Waals surface area contributed by atoms with Crippen molar-refractivity contribution >= 4 is 21.7 Å². The minimum absolute atomic E-state index is 0.170. The van der Waals surface area contributed by atoms with Crippen molar-refractivity contribution in [3.63, 3.8) is 0 Å².